The van der Waals surface area contributed by atoms with Crippen LogP contribution in [0.5, 0.6) is 0 Å². The quantitative estimate of drug-likeness (QED) is 0.882. The molecule has 0 bridgehead atoms. The van der Waals surface area contributed by atoms with Crippen LogP contribution >= 0.6 is 0 Å². The Bertz CT molecular complexity index is 437. The Morgan fingerprint density at radius 1 is 1.05 bits per heavy atom. The molecule has 0 aliphatic carbocycles. The third-order valence-corrected chi connectivity index (χ3v) is 3.64. The molecule has 5 nitrogen and oxygen atoms in total. The summed E-state index contributed by atoms with van der Waals surface area (Å²) in [4.78, 5) is 15.9. The fraction of sp³-hybridized carbons (Fsp3) is 0.500. The lowest BCUT2D eigenvalue weighted by molar-refractivity contribution is 0.122. The number of carbonyl (C=O) groups is 1. The van der Waals surface area contributed by atoms with Crippen molar-refractivity contribution >= 4 is 17.4 Å². The second-order valence-electron chi connectivity index (χ2n) is 4.92. The van der Waals surface area contributed by atoms with Gasteiger partial charge in [0.25, 0.3) is 0 Å². The molecular formula is C14H19N3O2. The predicted octanol–water partition coefficient (Wildman–Crippen LogP) is 1.76. The summed E-state index contributed by atoms with van der Waals surface area (Å²) in [6.45, 7) is 5.18. The third-order valence-electron chi connectivity index (χ3n) is 3.64. The molecule has 2 fully saturated rings. The molecule has 0 unspecified atom stereocenters. The van der Waals surface area contributed by atoms with Crippen molar-refractivity contribution in [3.63, 3.8) is 0 Å². The lowest BCUT2D eigenvalue weighted by atomic mass is 10.2. The molecule has 2 amide bonds. The topological polar surface area (TPSA) is 44.8 Å². The van der Waals surface area contributed by atoms with Crippen molar-refractivity contribution < 1.29 is 9.53 Å². The summed E-state index contributed by atoms with van der Waals surface area (Å²) in [6.07, 6.45) is 1.11. The first-order valence-corrected chi connectivity index (χ1v) is 6.81. The highest BCUT2D eigenvalue weighted by Crippen LogP contribution is 2.19. The molecule has 1 aromatic rings. The summed E-state index contributed by atoms with van der Waals surface area (Å²) in [7, 11) is 0. The lowest BCUT2D eigenvalue weighted by Gasteiger charge is -2.31. The van der Waals surface area contributed by atoms with E-state index in [1.54, 1.807) is 0 Å². The smallest absolute Gasteiger partial charge is 0.321 e. The Morgan fingerprint density at radius 2 is 1.74 bits per heavy atom. The highest BCUT2D eigenvalue weighted by molar-refractivity contribution is 5.89. The van der Waals surface area contributed by atoms with Crippen molar-refractivity contribution in [2.75, 3.05) is 49.6 Å². The normalized spacial score (nSPS) is 18.9. The summed E-state index contributed by atoms with van der Waals surface area (Å²) >= 11 is 0. The van der Waals surface area contributed by atoms with Crippen molar-refractivity contribution in [2.45, 2.75) is 6.42 Å². The highest BCUT2D eigenvalue weighted by Gasteiger charge is 2.20. The first kappa shape index (κ1) is 12.3. The number of carbonyl (C=O) groups excluding carboxylic acids is 1. The van der Waals surface area contributed by atoms with E-state index in [1.165, 1.54) is 5.69 Å². The van der Waals surface area contributed by atoms with Crippen LogP contribution in [-0.4, -0.2) is 50.3 Å². The Labute approximate surface area is 113 Å². The third kappa shape index (κ3) is 2.81. The lowest BCUT2D eigenvalue weighted by Crippen LogP contribution is -2.44. The summed E-state index contributed by atoms with van der Waals surface area (Å²) in [5.74, 6) is 0. The van der Waals surface area contributed by atoms with Crippen LogP contribution in [0.4, 0.5) is 16.2 Å². The van der Waals surface area contributed by atoms with Crippen LogP contribution < -0.4 is 10.2 Å². The van der Waals surface area contributed by atoms with E-state index in [2.05, 4.69) is 22.3 Å². The van der Waals surface area contributed by atoms with Crippen molar-refractivity contribution in [1.29, 1.82) is 0 Å². The zero-order chi connectivity index (χ0) is 13.1. The molecule has 102 valence electrons. The minimum Gasteiger partial charge on any atom is -0.378 e. The van der Waals surface area contributed by atoms with Gasteiger partial charge in [0.15, 0.2) is 0 Å². The van der Waals surface area contributed by atoms with Gasteiger partial charge in [0.1, 0.15) is 0 Å². The van der Waals surface area contributed by atoms with E-state index in [4.69, 9.17) is 4.74 Å². The van der Waals surface area contributed by atoms with Gasteiger partial charge in [-0.2, -0.15) is 0 Å². The van der Waals surface area contributed by atoms with Gasteiger partial charge in [0.2, 0.25) is 0 Å². The fourth-order valence-electron chi connectivity index (χ4n) is 2.30. The number of nitrogens with one attached hydrogen (secondary N) is 1. The number of urea groups is 1. The molecule has 2 saturated heterocycles. The van der Waals surface area contributed by atoms with Gasteiger partial charge in [-0.15, -0.1) is 0 Å². The van der Waals surface area contributed by atoms with E-state index < -0.39 is 0 Å². The van der Waals surface area contributed by atoms with E-state index in [0.717, 1.165) is 51.5 Å². The first-order valence-electron chi connectivity index (χ1n) is 6.81. The van der Waals surface area contributed by atoms with Crippen molar-refractivity contribution in [3.8, 4) is 0 Å². The summed E-state index contributed by atoms with van der Waals surface area (Å²) < 4.78 is 5.34. The number of hydrogen-bond acceptors (Lipinski definition) is 3. The number of morpholine rings is 1. The molecule has 0 radical (unpaired) electrons. The summed E-state index contributed by atoms with van der Waals surface area (Å²) in [5.41, 5.74) is 2.04. The van der Waals surface area contributed by atoms with Crippen LogP contribution in [0.25, 0.3) is 0 Å². The van der Waals surface area contributed by atoms with Crippen molar-refractivity contribution in [1.82, 2.24) is 4.90 Å². The zero-order valence-corrected chi connectivity index (χ0v) is 11.0. The molecular weight excluding hydrogens is 242 g/mol. The van der Waals surface area contributed by atoms with Gasteiger partial charge in [-0.1, -0.05) is 0 Å². The summed E-state index contributed by atoms with van der Waals surface area (Å²) in [6, 6.07) is 8.03. The number of amides is 2. The van der Waals surface area contributed by atoms with E-state index in [1.807, 2.05) is 17.0 Å². The van der Waals surface area contributed by atoms with E-state index in [9.17, 15) is 4.79 Å². The van der Waals surface area contributed by atoms with Crippen LogP contribution in [0.15, 0.2) is 24.3 Å². The minimum atomic E-state index is 0.00497. The molecule has 3 rings (SSSR count). The maximum absolute atomic E-state index is 11.8. The predicted molar refractivity (Wildman–Crippen MR) is 74.7 cm³/mol. The molecule has 1 N–H and O–H groups in total. The Balaban J connectivity index is 1.59. The van der Waals surface area contributed by atoms with Crippen LogP contribution in [0.2, 0.25) is 0 Å². The fourth-order valence-corrected chi connectivity index (χ4v) is 2.30. The molecule has 0 atom stereocenters. The monoisotopic (exact) mass is 261 g/mol. The molecule has 0 aromatic heterocycles. The van der Waals surface area contributed by atoms with E-state index >= 15 is 0 Å². The van der Waals surface area contributed by atoms with Gasteiger partial charge in [-0.25, -0.2) is 4.79 Å². The second kappa shape index (κ2) is 5.48. The number of nitrogens with zero attached hydrogens (tertiary/aromatic N) is 2. The van der Waals surface area contributed by atoms with Gasteiger partial charge in [-0.05, 0) is 30.7 Å². The van der Waals surface area contributed by atoms with Crippen LogP contribution in [0, 0.1) is 0 Å². The summed E-state index contributed by atoms with van der Waals surface area (Å²) in [5, 5.41) is 2.92. The van der Waals surface area contributed by atoms with Gasteiger partial charge < -0.3 is 19.9 Å². The number of benzene rings is 1. The van der Waals surface area contributed by atoms with Gasteiger partial charge in [-0.3, -0.25) is 0 Å². The van der Waals surface area contributed by atoms with Crippen LogP contribution in [0.3, 0.4) is 0 Å². The first-order chi connectivity index (χ1) is 9.33. The standard InChI is InChI=1S/C14H19N3O2/c18-14(17-6-1-7-17)15-12-2-4-13(5-3-12)16-8-10-19-11-9-16/h2-5H,1,6-11H2,(H,15,18). The largest absolute Gasteiger partial charge is 0.378 e. The molecule has 2 heterocycles. The average molecular weight is 261 g/mol. The molecule has 0 spiro atoms. The highest BCUT2D eigenvalue weighted by atomic mass is 16.5. The Morgan fingerprint density at radius 3 is 2.32 bits per heavy atom. The average Bonchev–Trinajstić information content (AvgIpc) is 2.38. The number of anilines is 2. The molecule has 0 saturated carbocycles. The molecule has 5 heteroatoms. The number of likely N-dealkylation sites (tertiary alicyclic amines) is 1. The Hall–Kier alpha value is -1.75. The van der Waals surface area contributed by atoms with E-state index in [0.29, 0.717) is 0 Å². The van der Waals surface area contributed by atoms with Gasteiger partial charge in [0.05, 0.1) is 13.2 Å². The van der Waals surface area contributed by atoms with Crippen molar-refractivity contribution in [2.24, 2.45) is 0 Å². The molecule has 1 aromatic carbocycles. The number of ether oxygens (including phenoxy) is 1. The van der Waals surface area contributed by atoms with E-state index in [-0.39, 0.29) is 6.03 Å². The second-order valence-corrected chi connectivity index (χ2v) is 4.92. The van der Waals surface area contributed by atoms with Crippen LogP contribution in [0.1, 0.15) is 6.42 Å². The maximum Gasteiger partial charge on any atom is 0.321 e. The SMILES string of the molecule is O=C(Nc1ccc(N2CCOCC2)cc1)N1CCC1. The molecule has 19 heavy (non-hydrogen) atoms. The maximum atomic E-state index is 11.8. The Kier molecular flexibility index (Phi) is 3.55. The van der Waals surface area contributed by atoms with Gasteiger partial charge >= 0.3 is 6.03 Å². The zero-order valence-electron chi connectivity index (χ0n) is 11.0. The molecule has 2 aliphatic heterocycles. The number of hydrogen-bond donors (Lipinski definition) is 1. The minimum absolute atomic E-state index is 0.00497. The van der Waals surface area contributed by atoms with Gasteiger partial charge in [0, 0.05) is 37.6 Å². The number of rotatable bonds is 2. The van der Waals surface area contributed by atoms with Crippen molar-refractivity contribution in [3.05, 3.63) is 24.3 Å². The van der Waals surface area contributed by atoms with Crippen LogP contribution in [-0.2, 0) is 4.74 Å². The molecule has 2 aliphatic rings.